The Bertz CT molecular complexity index is 488. The number of methoxy groups -OCH3 is 1. The number of halogens is 1. The van der Waals surface area contributed by atoms with Crippen molar-refractivity contribution in [3.8, 4) is 11.6 Å². The third-order valence-corrected chi connectivity index (χ3v) is 2.38. The molecular formula is C13H12ClNO2. The van der Waals surface area contributed by atoms with E-state index in [0.29, 0.717) is 17.6 Å². The van der Waals surface area contributed by atoms with Gasteiger partial charge in [-0.15, -0.1) is 0 Å². The van der Waals surface area contributed by atoms with E-state index in [4.69, 9.17) is 21.1 Å². The molecule has 0 saturated carbocycles. The van der Waals surface area contributed by atoms with Crippen LogP contribution in [0.4, 0.5) is 0 Å². The first-order valence-corrected chi connectivity index (χ1v) is 5.54. The van der Waals surface area contributed by atoms with Crippen molar-refractivity contribution in [3.63, 3.8) is 0 Å². The van der Waals surface area contributed by atoms with Crippen LogP contribution in [0.25, 0.3) is 0 Å². The number of nitrogens with zero attached hydrogens (tertiary/aromatic N) is 1. The van der Waals surface area contributed by atoms with Crippen molar-refractivity contribution in [3.05, 3.63) is 53.2 Å². The van der Waals surface area contributed by atoms with Crippen molar-refractivity contribution in [1.82, 2.24) is 4.98 Å². The van der Waals surface area contributed by atoms with E-state index in [1.54, 1.807) is 19.2 Å². The molecule has 17 heavy (non-hydrogen) atoms. The second kappa shape index (κ2) is 5.55. The van der Waals surface area contributed by atoms with E-state index >= 15 is 0 Å². The maximum atomic E-state index is 5.86. The van der Waals surface area contributed by atoms with E-state index in [0.717, 1.165) is 11.3 Å². The van der Waals surface area contributed by atoms with E-state index in [-0.39, 0.29) is 0 Å². The molecule has 0 aliphatic rings. The van der Waals surface area contributed by atoms with Crippen LogP contribution in [0, 0.1) is 0 Å². The third-order valence-electron chi connectivity index (χ3n) is 2.19. The zero-order chi connectivity index (χ0) is 12.1. The van der Waals surface area contributed by atoms with Crippen LogP contribution in [-0.2, 0) is 6.61 Å². The second-order valence-corrected chi connectivity index (χ2v) is 3.83. The Labute approximate surface area is 105 Å². The number of ether oxygens (including phenoxy) is 2. The number of rotatable bonds is 4. The van der Waals surface area contributed by atoms with Crippen molar-refractivity contribution in [2.24, 2.45) is 0 Å². The van der Waals surface area contributed by atoms with Gasteiger partial charge < -0.3 is 9.47 Å². The fourth-order valence-corrected chi connectivity index (χ4v) is 1.62. The molecule has 0 radical (unpaired) electrons. The van der Waals surface area contributed by atoms with E-state index in [9.17, 15) is 0 Å². The molecule has 0 aliphatic heterocycles. The molecule has 1 aromatic heterocycles. The van der Waals surface area contributed by atoms with Crippen LogP contribution >= 0.6 is 11.6 Å². The number of aromatic nitrogens is 1. The van der Waals surface area contributed by atoms with Crippen LogP contribution in [0.1, 0.15) is 5.56 Å². The molecule has 1 aromatic carbocycles. The summed E-state index contributed by atoms with van der Waals surface area (Å²) in [5.74, 6) is 1.31. The molecule has 2 rings (SSSR count). The van der Waals surface area contributed by atoms with Gasteiger partial charge in [0.1, 0.15) is 17.5 Å². The quantitative estimate of drug-likeness (QED) is 0.779. The fourth-order valence-electron chi connectivity index (χ4n) is 1.39. The highest BCUT2D eigenvalue weighted by Crippen LogP contribution is 2.18. The molecule has 0 saturated heterocycles. The molecule has 88 valence electrons. The molecule has 0 bridgehead atoms. The molecule has 0 atom stereocenters. The number of pyridine rings is 1. The number of benzene rings is 1. The summed E-state index contributed by atoms with van der Waals surface area (Å²) in [6.45, 7) is 0.433. The molecule has 0 fully saturated rings. The van der Waals surface area contributed by atoms with Gasteiger partial charge in [-0.2, -0.15) is 0 Å². The van der Waals surface area contributed by atoms with Crippen molar-refractivity contribution < 1.29 is 9.47 Å². The topological polar surface area (TPSA) is 31.4 Å². The molecule has 3 nitrogen and oxygen atoms in total. The van der Waals surface area contributed by atoms with Gasteiger partial charge in [0.25, 0.3) is 0 Å². The first kappa shape index (κ1) is 11.7. The van der Waals surface area contributed by atoms with Crippen LogP contribution in [-0.4, -0.2) is 12.1 Å². The summed E-state index contributed by atoms with van der Waals surface area (Å²) in [6, 6.07) is 13.2. The fraction of sp³-hybridized carbons (Fsp3) is 0.154. The Morgan fingerprint density at radius 3 is 2.65 bits per heavy atom. The van der Waals surface area contributed by atoms with Gasteiger partial charge in [0, 0.05) is 6.07 Å². The lowest BCUT2D eigenvalue weighted by Gasteiger charge is -2.07. The minimum atomic E-state index is 0.399. The van der Waals surface area contributed by atoms with Crippen LogP contribution in [0.5, 0.6) is 11.6 Å². The molecule has 0 spiro atoms. The zero-order valence-corrected chi connectivity index (χ0v) is 10.1. The lowest BCUT2D eigenvalue weighted by atomic mass is 10.3. The highest BCUT2D eigenvalue weighted by atomic mass is 35.5. The van der Waals surface area contributed by atoms with Gasteiger partial charge in [-0.3, -0.25) is 0 Å². The zero-order valence-electron chi connectivity index (χ0n) is 9.39. The van der Waals surface area contributed by atoms with Crippen LogP contribution in [0.3, 0.4) is 0 Å². The molecular weight excluding hydrogens is 238 g/mol. The monoisotopic (exact) mass is 249 g/mol. The summed E-state index contributed by atoms with van der Waals surface area (Å²) >= 11 is 5.86. The number of hydrogen-bond donors (Lipinski definition) is 0. The Kier molecular flexibility index (Phi) is 3.83. The largest absolute Gasteiger partial charge is 0.489 e. The van der Waals surface area contributed by atoms with E-state index in [1.165, 1.54) is 0 Å². The highest BCUT2D eigenvalue weighted by molar-refractivity contribution is 6.29. The van der Waals surface area contributed by atoms with Gasteiger partial charge in [-0.25, -0.2) is 4.98 Å². The molecule has 0 aliphatic carbocycles. The smallest absolute Gasteiger partial charge is 0.214 e. The van der Waals surface area contributed by atoms with Gasteiger partial charge >= 0.3 is 0 Å². The van der Waals surface area contributed by atoms with Crippen molar-refractivity contribution in [2.75, 3.05) is 7.11 Å². The average Bonchev–Trinajstić information content (AvgIpc) is 2.37. The summed E-state index contributed by atoms with van der Waals surface area (Å²) in [5.41, 5.74) is 0.922. The summed E-state index contributed by atoms with van der Waals surface area (Å²) in [4.78, 5) is 3.99. The first-order valence-electron chi connectivity index (χ1n) is 5.16. The lowest BCUT2D eigenvalue weighted by molar-refractivity contribution is 0.304. The summed E-state index contributed by atoms with van der Waals surface area (Å²) in [7, 11) is 1.56. The average molecular weight is 250 g/mol. The minimum absolute atomic E-state index is 0.399. The molecule has 0 unspecified atom stereocenters. The highest BCUT2D eigenvalue weighted by Gasteiger charge is 2.02. The molecule has 0 N–H and O–H groups in total. The predicted octanol–water partition coefficient (Wildman–Crippen LogP) is 3.32. The van der Waals surface area contributed by atoms with E-state index in [1.807, 2.05) is 30.3 Å². The standard InChI is InChI=1S/C13H12ClNO2/c1-16-13-8-10(7-12(14)15-13)9-17-11-5-3-2-4-6-11/h2-8H,9H2,1H3. The minimum Gasteiger partial charge on any atom is -0.489 e. The Hall–Kier alpha value is -1.74. The van der Waals surface area contributed by atoms with Crippen LogP contribution < -0.4 is 9.47 Å². The summed E-state index contributed by atoms with van der Waals surface area (Å²) in [5, 5.41) is 0.399. The molecule has 0 amide bonds. The SMILES string of the molecule is COc1cc(COc2ccccc2)cc(Cl)n1. The maximum Gasteiger partial charge on any atom is 0.214 e. The Morgan fingerprint density at radius 2 is 1.94 bits per heavy atom. The third kappa shape index (κ3) is 3.36. The van der Waals surface area contributed by atoms with E-state index in [2.05, 4.69) is 4.98 Å². The summed E-state index contributed by atoms with van der Waals surface area (Å²) in [6.07, 6.45) is 0. The Morgan fingerprint density at radius 1 is 1.18 bits per heavy atom. The number of para-hydroxylation sites is 1. The van der Waals surface area contributed by atoms with Crippen molar-refractivity contribution in [1.29, 1.82) is 0 Å². The normalized spacial score (nSPS) is 10.0. The second-order valence-electron chi connectivity index (χ2n) is 3.44. The number of hydrogen-bond acceptors (Lipinski definition) is 3. The van der Waals surface area contributed by atoms with Gasteiger partial charge in [0.15, 0.2) is 0 Å². The summed E-state index contributed by atoms with van der Waals surface area (Å²) < 4.78 is 10.6. The molecule has 4 heteroatoms. The van der Waals surface area contributed by atoms with Crippen molar-refractivity contribution in [2.45, 2.75) is 6.61 Å². The molecule has 2 aromatic rings. The van der Waals surface area contributed by atoms with Gasteiger partial charge in [-0.05, 0) is 23.8 Å². The van der Waals surface area contributed by atoms with Crippen molar-refractivity contribution >= 4 is 11.6 Å². The van der Waals surface area contributed by atoms with Gasteiger partial charge in [0.05, 0.1) is 7.11 Å². The predicted molar refractivity (Wildman–Crippen MR) is 66.6 cm³/mol. The van der Waals surface area contributed by atoms with E-state index < -0.39 is 0 Å². The maximum absolute atomic E-state index is 5.86. The van der Waals surface area contributed by atoms with Gasteiger partial charge in [-0.1, -0.05) is 29.8 Å². The van der Waals surface area contributed by atoms with Crippen LogP contribution in [0.2, 0.25) is 5.15 Å². The molecule has 1 heterocycles. The Balaban J connectivity index is 2.06. The van der Waals surface area contributed by atoms with Gasteiger partial charge in [0.2, 0.25) is 5.88 Å². The first-order chi connectivity index (χ1) is 8.28. The van der Waals surface area contributed by atoms with Crippen LogP contribution in [0.15, 0.2) is 42.5 Å². The lowest BCUT2D eigenvalue weighted by Crippen LogP contribution is -1.97.